The second-order valence-electron chi connectivity index (χ2n) is 4.04. The van der Waals surface area contributed by atoms with E-state index in [1.165, 1.54) is 0 Å². The summed E-state index contributed by atoms with van der Waals surface area (Å²) < 4.78 is 5.13. The molecule has 1 fully saturated rings. The predicted molar refractivity (Wildman–Crippen MR) is 67.1 cm³/mol. The van der Waals surface area contributed by atoms with Crippen LogP contribution in [0.2, 0.25) is 0 Å². The lowest BCUT2D eigenvalue weighted by Crippen LogP contribution is -2.44. The third kappa shape index (κ3) is 5.66. The van der Waals surface area contributed by atoms with Gasteiger partial charge in [0.25, 0.3) is 0 Å². The molecule has 8 heteroatoms. The Kier molecular flexibility index (Phi) is 6.83. The zero-order valence-electron chi connectivity index (χ0n) is 10.8. The highest BCUT2D eigenvalue weighted by Crippen LogP contribution is 1.99. The van der Waals surface area contributed by atoms with E-state index in [-0.39, 0.29) is 32.0 Å². The number of nitrogens with two attached hydrogens (primary N) is 1. The summed E-state index contributed by atoms with van der Waals surface area (Å²) >= 11 is 0. The molecule has 3 amide bonds. The van der Waals surface area contributed by atoms with Crippen molar-refractivity contribution < 1.29 is 19.1 Å². The largest absolute Gasteiger partial charge is 0.378 e. The Labute approximate surface area is 111 Å². The smallest absolute Gasteiger partial charge is 0.309 e. The van der Waals surface area contributed by atoms with Gasteiger partial charge in [0.05, 0.1) is 13.2 Å². The van der Waals surface area contributed by atoms with Crippen LogP contribution >= 0.6 is 0 Å². The van der Waals surface area contributed by atoms with Crippen molar-refractivity contribution in [3.05, 3.63) is 0 Å². The molecule has 8 nitrogen and oxygen atoms in total. The van der Waals surface area contributed by atoms with Gasteiger partial charge in [-0.05, 0) is 0 Å². The van der Waals surface area contributed by atoms with E-state index in [2.05, 4.69) is 10.6 Å². The van der Waals surface area contributed by atoms with E-state index in [0.717, 1.165) is 0 Å². The number of nitrogens with one attached hydrogen (secondary N) is 2. The number of nitrogens with zero attached hydrogens (tertiary/aromatic N) is 1. The second kappa shape index (κ2) is 8.44. The molecule has 1 heterocycles. The summed E-state index contributed by atoms with van der Waals surface area (Å²) in [5.74, 6) is -1.53. The number of hydrogen-bond acceptors (Lipinski definition) is 5. The van der Waals surface area contributed by atoms with Gasteiger partial charge in [-0.15, -0.1) is 0 Å². The van der Waals surface area contributed by atoms with Crippen LogP contribution in [0.3, 0.4) is 0 Å². The van der Waals surface area contributed by atoms with Crippen molar-refractivity contribution in [1.29, 1.82) is 0 Å². The maximum absolute atomic E-state index is 11.7. The molecule has 19 heavy (non-hydrogen) atoms. The first-order valence-corrected chi connectivity index (χ1v) is 6.26. The number of hydrogen-bond donors (Lipinski definition) is 3. The highest BCUT2D eigenvalue weighted by molar-refractivity contribution is 6.35. The maximum atomic E-state index is 11.7. The summed E-state index contributed by atoms with van der Waals surface area (Å²) in [4.78, 5) is 35.9. The van der Waals surface area contributed by atoms with Crippen LogP contribution in [0.15, 0.2) is 0 Å². The number of ether oxygens (including phenoxy) is 1. The van der Waals surface area contributed by atoms with Crippen molar-refractivity contribution in [3.8, 4) is 0 Å². The average Bonchev–Trinajstić information content (AvgIpc) is 2.45. The van der Waals surface area contributed by atoms with Crippen molar-refractivity contribution in [3.63, 3.8) is 0 Å². The van der Waals surface area contributed by atoms with Crippen LogP contribution in [0, 0.1) is 0 Å². The predicted octanol–water partition coefficient (Wildman–Crippen LogP) is -2.57. The number of carbonyl (C=O) groups is 3. The topological polar surface area (TPSA) is 114 Å². The zero-order chi connectivity index (χ0) is 14.1. The minimum atomic E-state index is -0.747. The van der Waals surface area contributed by atoms with E-state index in [1.54, 1.807) is 4.90 Å². The van der Waals surface area contributed by atoms with Gasteiger partial charge in [0.1, 0.15) is 0 Å². The molecule has 108 valence electrons. The number of carbonyl (C=O) groups excluding carboxylic acids is 3. The molecule has 0 aromatic rings. The van der Waals surface area contributed by atoms with Crippen molar-refractivity contribution in [2.45, 2.75) is 6.42 Å². The molecule has 1 aliphatic heterocycles. The van der Waals surface area contributed by atoms with Crippen LogP contribution in [0.4, 0.5) is 0 Å². The van der Waals surface area contributed by atoms with Crippen molar-refractivity contribution >= 4 is 17.7 Å². The first-order valence-electron chi connectivity index (χ1n) is 6.26. The second-order valence-corrected chi connectivity index (χ2v) is 4.04. The summed E-state index contributed by atoms with van der Waals surface area (Å²) in [7, 11) is 0. The molecule has 0 aromatic heterocycles. The standard InChI is InChI=1S/C11H20N4O4/c12-2-4-14-11(18)10(17)13-3-1-9(16)15-5-7-19-8-6-15/h1-8,12H2,(H,13,17)(H,14,18). The van der Waals surface area contributed by atoms with Crippen molar-refractivity contribution in [2.75, 3.05) is 45.9 Å². The molecular formula is C11H20N4O4. The lowest BCUT2D eigenvalue weighted by atomic mass is 10.3. The Balaban J connectivity index is 2.16. The quantitative estimate of drug-likeness (QED) is 0.476. The Morgan fingerprint density at radius 2 is 1.63 bits per heavy atom. The average molecular weight is 272 g/mol. The Bertz CT molecular complexity index is 329. The van der Waals surface area contributed by atoms with Crippen LogP contribution in [-0.4, -0.2) is 68.6 Å². The van der Waals surface area contributed by atoms with Gasteiger partial charge >= 0.3 is 11.8 Å². The number of amides is 3. The summed E-state index contributed by atoms with van der Waals surface area (Å²) in [6.45, 7) is 2.89. The molecular weight excluding hydrogens is 252 g/mol. The molecule has 1 rings (SSSR count). The van der Waals surface area contributed by atoms with E-state index < -0.39 is 11.8 Å². The number of morpholine rings is 1. The molecule has 0 unspecified atom stereocenters. The highest BCUT2D eigenvalue weighted by atomic mass is 16.5. The molecule has 0 aromatic carbocycles. The Hall–Kier alpha value is -1.67. The van der Waals surface area contributed by atoms with Crippen molar-refractivity contribution in [2.24, 2.45) is 5.73 Å². The summed E-state index contributed by atoms with van der Waals surface area (Å²) in [5, 5.41) is 4.74. The molecule has 0 spiro atoms. The summed E-state index contributed by atoms with van der Waals surface area (Å²) in [6.07, 6.45) is 0.176. The molecule has 1 saturated heterocycles. The van der Waals surface area contributed by atoms with Crippen LogP contribution < -0.4 is 16.4 Å². The molecule has 1 aliphatic rings. The summed E-state index contributed by atoms with van der Waals surface area (Å²) in [5.41, 5.74) is 5.19. The fraction of sp³-hybridized carbons (Fsp3) is 0.727. The van der Waals surface area contributed by atoms with Crippen LogP contribution in [0.25, 0.3) is 0 Å². The molecule has 4 N–H and O–H groups in total. The fourth-order valence-corrected chi connectivity index (χ4v) is 1.60. The van der Waals surface area contributed by atoms with Gasteiger partial charge < -0.3 is 26.0 Å². The minimum Gasteiger partial charge on any atom is -0.378 e. The van der Waals surface area contributed by atoms with Crippen LogP contribution in [0.5, 0.6) is 0 Å². The first kappa shape index (κ1) is 15.4. The van der Waals surface area contributed by atoms with E-state index in [0.29, 0.717) is 26.3 Å². The van der Waals surface area contributed by atoms with Gasteiger partial charge in [-0.25, -0.2) is 0 Å². The van der Waals surface area contributed by atoms with E-state index in [4.69, 9.17) is 10.5 Å². The lowest BCUT2D eigenvalue weighted by molar-refractivity contribution is -0.139. The highest BCUT2D eigenvalue weighted by Gasteiger charge is 2.17. The lowest BCUT2D eigenvalue weighted by Gasteiger charge is -2.26. The third-order valence-corrected chi connectivity index (χ3v) is 2.62. The monoisotopic (exact) mass is 272 g/mol. The summed E-state index contributed by atoms with van der Waals surface area (Å²) in [6, 6.07) is 0. The Morgan fingerprint density at radius 1 is 1.05 bits per heavy atom. The van der Waals surface area contributed by atoms with E-state index in [9.17, 15) is 14.4 Å². The maximum Gasteiger partial charge on any atom is 0.309 e. The van der Waals surface area contributed by atoms with E-state index >= 15 is 0 Å². The molecule has 0 bridgehead atoms. The van der Waals surface area contributed by atoms with Gasteiger partial charge in [-0.1, -0.05) is 0 Å². The zero-order valence-corrected chi connectivity index (χ0v) is 10.8. The van der Waals surface area contributed by atoms with Crippen LogP contribution in [-0.2, 0) is 19.1 Å². The normalized spacial score (nSPS) is 14.9. The first-order chi connectivity index (χ1) is 9.15. The van der Waals surface area contributed by atoms with Gasteiger partial charge in [0, 0.05) is 39.1 Å². The number of rotatable bonds is 5. The van der Waals surface area contributed by atoms with E-state index in [1.807, 2.05) is 0 Å². The van der Waals surface area contributed by atoms with Gasteiger partial charge in [0.15, 0.2) is 0 Å². The molecule has 0 aliphatic carbocycles. The van der Waals surface area contributed by atoms with Gasteiger partial charge in [-0.2, -0.15) is 0 Å². The molecule has 0 atom stereocenters. The minimum absolute atomic E-state index is 0.0500. The molecule has 0 saturated carbocycles. The van der Waals surface area contributed by atoms with Gasteiger partial charge in [-0.3, -0.25) is 14.4 Å². The molecule has 0 radical (unpaired) electrons. The third-order valence-electron chi connectivity index (χ3n) is 2.62. The van der Waals surface area contributed by atoms with Crippen molar-refractivity contribution in [1.82, 2.24) is 15.5 Å². The SMILES string of the molecule is NCCNC(=O)C(=O)NCCC(=O)N1CCOCC1. The Morgan fingerprint density at radius 3 is 2.21 bits per heavy atom. The van der Waals surface area contributed by atoms with Crippen LogP contribution in [0.1, 0.15) is 6.42 Å². The van der Waals surface area contributed by atoms with Gasteiger partial charge in [0.2, 0.25) is 5.91 Å². The fourth-order valence-electron chi connectivity index (χ4n) is 1.60.